The average molecular weight is 367 g/mol. The molecule has 0 spiro atoms. The van der Waals surface area contributed by atoms with Crippen molar-refractivity contribution in [3.63, 3.8) is 0 Å². The van der Waals surface area contributed by atoms with Crippen molar-refractivity contribution in [1.29, 1.82) is 0 Å². The van der Waals surface area contributed by atoms with Gasteiger partial charge in [0.05, 0.1) is 18.9 Å². The molecule has 3 N–H and O–H groups in total. The zero-order valence-electron chi connectivity index (χ0n) is 15.4. The van der Waals surface area contributed by atoms with Crippen molar-refractivity contribution in [1.82, 2.24) is 16.0 Å². The van der Waals surface area contributed by atoms with E-state index in [0.717, 1.165) is 11.1 Å². The van der Waals surface area contributed by atoms with Crippen LogP contribution in [0, 0.1) is 0 Å². The van der Waals surface area contributed by atoms with E-state index in [-0.39, 0.29) is 30.2 Å². The number of nitrogens with one attached hydrogen (secondary N) is 3. The number of carbonyl (C=O) groups is 3. The van der Waals surface area contributed by atoms with E-state index in [2.05, 4.69) is 16.0 Å². The highest BCUT2D eigenvalue weighted by Gasteiger charge is 2.16. The zero-order chi connectivity index (χ0) is 19.5. The summed E-state index contributed by atoms with van der Waals surface area (Å²) < 4.78 is 0. The van der Waals surface area contributed by atoms with Crippen molar-refractivity contribution in [2.45, 2.75) is 25.8 Å². The molecule has 1 atom stereocenters. The minimum absolute atomic E-state index is 0.0872. The number of hydrogen-bond donors (Lipinski definition) is 3. The summed E-state index contributed by atoms with van der Waals surface area (Å²) in [5.74, 6) is -0.462. The van der Waals surface area contributed by atoms with Gasteiger partial charge >= 0.3 is 0 Å². The highest BCUT2D eigenvalue weighted by atomic mass is 16.2. The van der Waals surface area contributed by atoms with Gasteiger partial charge in [0.15, 0.2) is 0 Å². The normalized spacial score (nSPS) is 11.3. The first-order chi connectivity index (χ1) is 13.0. The molecule has 142 valence electrons. The Hall–Kier alpha value is -3.15. The molecule has 1 unspecified atom stereocenters. The quantitative estimate of drug-likeness (QED) is 0.590. The number of rotatable bonds is 9. The second-order valence-corrected chi connectivity index (χ2v) is 6.23. The van der Waals surface area contributed by atoms with Gasteiger partial charge in [0.25, 0.3) is 0 Å². The predicted octanol–water partition coefficient (Wildman–Crippen LogP) is 1.73. The summed E-state index contributed by atoms with van der Waals surface area (Å²) in [6.07, 6.45) is 0.453. The number of carbonyl (C=O) groups excluding carboxylic acids is 3. The molecule has 0 saturated carbocycles. The van der Waals surface area contributed by atoms with Crippen LogP contribution in [0.5, 0.6) is 0 Å². The van der Waals surface area contributed by atoms with Gasteiger partial charge in [0, 0.05) is 20.0 Å². The van der Waals surface area contributed by atoms with Crippen LogP contribution in [0.4, 0.5) is 0 Å². The van der Waals surface area contributed by atoms with Crippen LogP contribution in [0.2, 0.25) is 0 Å². The first-order valence-electron chi connectivity index (χ1n) is 8.94. The van der Waals surface area contributed by atoms with Gasteiger partial charge in [-0.1, -0.05) is 60.7 Å². The van der Waals surface area contributed by atoms with Crippen LogP contribution >= 0.6 is 0 Å². The van der Waals surface area contributed by atoms with E-state index in [0.29, 0.717) is 19.5 Å². The first-order valence-corrected chi connectivity index (χ1v) is 8.94. The van der Waals surface area contributed by atoms with E-state index in [1.807, 2.05) is 60.7 Å². The van der Waals surface area contributed by atoms with Crippen LogP contribution in [-0.4, -0.2) is 30.8 Å². The molecule has 0 aliphatic heterocycles. The van der Waals surface area contributed by atoms with Crippen molar-refractivity contribution in [2.24, 2.45) is 0 Å². The van der Waals surface area contributed by atoms with Gasteiger partial charge < -0.3 is 16.0 Å². The minimum Gasteiger partial charge on any atom is -0.354 e. The van der Waals surface area contributed by atoms with Crippen LogP contribution in [0.15, 0.2) is 60.7 Å². The largest absolute Gasteiger partial charge is 0.354 e. The molecule has 0 aliphatic carbocycles. The van der Waals surface area contributed by atoms with Gasteiger partial charge in [-0.05, 0) is 11.1 Å². The highest BCUT2D eigenvalue weighted by Crippen LogP contribution is 2.16. The molecule has 6 nitrogen and oxygen atoms in total. The summed E-state index contributed by atoms with van der Waals surface area (Å²) in [6.45, 7) is 2.12. The maximum atomic E-state index is 12.2. The van der Waals surface area contributed by atoms with Crippen LogP contribution < -0.4 is 16.0 Å². The monoisotopic (exact) mass is 367 g/mol. The van der Waals surface area contributed by atoms with Gasteiger partial charge in [-0.15, -0.1) is 0 Å². The Morgan fingerprint density at radius 3 is 1.96 bits per heavy atom. The molecule has 2 aromatic carbocycles. The molecule has 0 saturated heterocycles. The molecule has 0 aromatic heterocycles. The van der Waals surface area contributed by atoms with E-state index >= 15 is 0 Å². The summed E-state index contributed by atoms with van der Waals surface area (Å²) in [5.41, 5.74) is 1.82. The molecular weight excluding hydrogens is 342 g/mol. The predicted molar refractivity (Wildman–Crippen MR) is 104 cm³/mol. The highest BCUT2D eigenvalue weighted by molar-refractivity contribution is 5.80. The Morgan fingerprint density at radius 2 is 1.37 bits per heavy atom. The number of benzene rings is 2. The zero-order valence-corrected chi connectivity index (χ0v) is 15.4. The third-order valence-electron chi connectivity index (χ3n) is 3.95. The van der Waals surface area contributed by atoms with Gasteiger partial charge in [0.2, 0.25) is 17.7 Å². The lowest BCUT2D eigenvalue weighted by Gasteiger charge is -2.18. The molecule has 3 amide bonds. The van der Waals surface area contributed by atoms with Crippen molar-refractivity contribution in [3.05, 3.63) is 71.8 Å². The van der Waals surface area contributed by atoms with Gasteiger partial charge in [-0.25, -0.2) is 0 Å². The van der Waals surface area contributed by atoms with Crippen LogP contribution in [-0.2, 0) is 20.8 Å². The Labute approximate surface area is 159 Å². The SMILES string of the molecule is CC(=O)NC(CC(=O)NCCNC(=O)Cc1ccccc1)c1ccccc1. The second-order valence-electron chi connectivity index (χ2n) is 6.23. The fraction of sp³-hybridized carbons (Fsp3) is 0.286. The van der Waals surface area contributed by atoms with E-state index in [4.69, 9.17) is 0 Å². The van der Waals surface area contributed by atoms with E-state index in [1.54, 1.807) is 0 Å². The molecule has 0 heterocycles. The molecule has 0 radical (unpaired) electrons. The Morgan fingerprint density at radius 1 is 0.815 bits per heavy atom. The van der Waals surface area contributed by atoms with E-state index in [9.17, 15) is 14.4 Å². The summed E-state index contributed by atoms with van der Waals surface area (Å²) in [7, 11) is 0. The van der Waals surface area contributed by atoms with Crippen LogP contribution in [0.25, 0.3) is 0 Å². The molecule has 2 aromatic rings. The fourth-order valence-electron chi connectivity index (χ4n) is 2.69. The number of hydrogen-bond acceptors (Lipinski definition) is 3. The van der Waals surface area contributed by atoms with Crippen LogP contribution in [0.1, 0.15) is 30.5 Å². The summed E-state index contributed by atoms with van der Waals surface area (Å²) in [6, 6.07) is 18.5. The van der Waals surface area contributed by atoms with Crippen molar-refractivity contribution in [2.75, 3.05) is 13.1 Å². The third-order valence-corrected chi connectivity index (χ3v) is 3.95. The van der Waals surface area contributed by atoms with Crippen LogP contribution in [0.3, 0.4) is 0 Å². The maximum Gasteiger partial charge on any atom is 0.224 e. The topological polar surface area (TPSA) is 87.3 Å². The Bertz CT molecular complexity index is 748. The van der Waals surface area contributed by atoms with Crippen molar-refractivity contribution >= 4 is 17.7 Å². The average Bonchev–Trinajstić information content (AvgIpc) is 2.66. The molecule has 6 heteroatoms. The molecule has 0 bridgehead atoms. The molecule has 27 heavy (non-hydrogen) atoms. The summed E-state index contributed by atoms with van der Waals surface area (Å²) in [5, 5.41) is 8.34. The molecule has 0 aliphatic rings. The smallest absolute Gasteiger partial charge is 0.224 e. The second kappa shape index (κ2) is 10.8. The summed E-state index contributed by atoms with van der Waals surface area (Å²) >= 11 is 0. The van der Waals surface area contributed by atoms with E-state index in [1.165, 1.54) is 6.92 Å². The third kappa shape index (κ3) is 7.73. The molecular formula is C21H25N3O3. The maximum absolute atomic E-state index is 12.2. The summed E-state index contributed by atoms with van der Waals surface area (Å²) in [4.78, 5) is 35.4. The minimum atomic E-state index is -0.378. The van der Waals surface area contributed by atoms with Gasteiger partial charge in [-0.2, -0.15) is 0 Å². The number of amides is 3. The lowest BCUT2D eigenvalue weighted by atomic mass is 10.0. The lowest BCUT2D eigenvalue weighted by Crippen LogP contribution is -2.37. The van der Waals surface area contributed by atoms with Crippen molar-refractivity contribution < 1.29 is 14.4 Å². The van der Waals surface area contributed by atoms with Gasteiger partial charge in [0.1, 0.15) is 0 Å². The van der Waals surface area contributed by atoms with Gasteiger partial charge in [-0.3, -0.25) is 14.4 Å². The Kier molecular flexibility index (Phi) is 8.03. The Balaban J connectivity index is 1.72. The van der Waals surface area contributed by atoms with E-state index < -0.39 is 0 Å². The van der Waals surface area contributed by atoms with Crippen molar-refractivity contribution in [3.8, 4) is 0 Å². The standard InChI is InChI=1S/C21H25N3O3/c1-16(25)24-19(18-10-6-3-7-11-18)15-21(27)23-13-12-22-20(26)14-17-8-4-2-5-9-17/h2-11,19H,12-15H2,1H3,(H,22,26)(H,23,27)(H,24,25). The molecule has 2 rings (SSSR count). The molecule has 0 fully saturated rings. The fourth-order valence-corrected chi connectivity index (χ4v) is 2.69. The first kappa shape index (κ1) is 20.2. The lowest BCUT2D eigenvalue weighted by molar-refractivity contribution is -0.124.